The van der Waals surface area contributed by atoms with Crippen LogP contribution >= 0.6 is 0 Å². The summed E-state index contributed by atoms with van der Waals surface area (Å²) in [5.74, 6) is 0.849. The van der Waals surface area contributed by atoms with E-state index in [4.69, 9.17) is 4.42 Å². The monoisotopic (exact) mass is 285 g/mol. The first-order valence-electron chi connectivity index (χ1n) is 6.12. The second-order valence-electron chi connectivity index (χ2n) is 4.65. The molecule has 0 spiro atoms. The van der Waals surface area contributed by atoms with Crippen molar-refractivity contribution in [1.29, 1.82) is 0 Å². The molecule has 3 nitrogen and oxygen atoms in total. The van der Waals surface area contributed by atoms with E-state index >= 15 is 0 Å². The number of benzene rings is 1. The molecule has 0 fully saturated rings. The molecular formula is C14H14F3NO2. The molecule has 0 saturated carbocycles. The first-order chi connectivity index (χ1) is 9.34. The van der Waals surface area contributed by atoms with Gasteiger partial charge in [0.05, 0.1) is 17.9 Å². The number of oxazole rings is 1. The fourth-order valence-corrected chi connectivity index (χ4v) is 1.85. The Hall–Kier alpha value is -1.82. The third-order valence-corrected chi connectivity index (χ3v) is 2.71. The van der Waals surface area contributed by atoms with Crippen molar-refractivity contribution in [1.82, 2.24) is 4.98 Å². The number of aromatic nitrogens is 1. The van der Waals surface area contributed by atoms with Gasteiger partial charge in [0.1, 0.15) is 5.76 Å². The third-order valence-electron chi connectivity index (χ3n) is 2.71. The van der Waals surface area contributed by atoms with E-state index < -0.39 is 17.8 Å². The highest BCUT2D eigenvalue weighted by Gasteiger charge is 2.30. The molecule has 2 aromatic rings. The molecular weight excluding hydrogens is 271 g/mol. The van der Waals surface area contributed by atoms with Gasteiger partial charge in [-0.1, -0.05) is 18.2 Å². The Bertz CT molecular complexity index is 576. The quantitative estimate of drug-likeness (QED) is 0.938. The van der Waals surface area contributed by atoms with E-state index in [-0.39, 0.29) is 6.42 Å². The molecule has 0 amide bonds. The van der Waals surface area contributed by atoms with Crippen LogP contribution in [0, 0.1) is 0 Å². The van der Waals surface area contributed by atoms with E-state index in [0.717, 1.165) is 12.1 Å². The number of nitrogens with zero attached hydrogens (tertiary/aromatic N) is 1. The first kappa shape index (κ1) is 14.6. The molecule has 1 aromatic heterocycles. The zero-order chi connectivity index (χ0) is 14.8. The van der Waals surface area contributed by atoms with Crippen molar-refractivity contribution >= 4 is 0 Å². The Kier molecular flexibility index (Phi) is 4.13. The molecule has 108 valence electrons. The van der Waals surface area contributed by atoms with Gasteiger partial charge in [0.15, 0.2) is 5.89 Å². The molecule has 1 unspecified atom stereocenters. The molecule has 0 aliphatic rings. The zero-order valence-corrected chi connectivity index (χ0v) is 10.8. The summed E-state index contributed by atoms with van der Waals surface area (Å²) in [6.07, 6.45) is -2.91. The summed E-state index contributed by atoms with van der Waals surface area (Å²) < 4.78 is 43.1. The smallest absolute Gasteiger partial charge is 0.416 e. The van der Waals surface area contributed by atoms with Gasteiger partial charge < -0.3 is 9.52 Å². The fourth-order valence-electron chi connectivity index (χ4n) is 1.85. The molecule has 20 heavy (non-hydrogen) atoms. The van der Waals surface area contributed by atoms with Crippen LogP contribution in [0.15, 0.2) is 34.9 Å². The second-order valence-corrected chi connectivity index (χ2v) is 4.65. The Balaban J connectivity index is 2.12. The van der Waals surface area contributed by atoms with Gasteiger partial charge in [-0.2, -0.15) is 13.2 Å². The van der Waals surface area contributed by atoms with Gasteiger partial charge in [0.2, 0.25) is 0 Å². The Morgan fingerprint density at radius 1 is 1.35 bits per heavy atom. The number of halogens is 3. The van der Waals surface area contributed by atoms with Crippen LogP contribution in [0.3, 0.4) is 0 Å². The van der Waals surface area contributed by atoms with Crippen LogP contribution in [-0.2, 0) is 19.0 Å². The standard InChI is InChI=1S/C14H14F3NO2/c1-9(19)5-12-8-18-13(20-12)7-10-3-2-4-11(6-10)14(15,16)17/h2-4,6,8-9,19H,5,7H2,1H3. The molecule has 0 bridgehead atoms. The van der Waals surface area contributed by atoms with Crippen molar-refractivity contribution in [2.24, 2.45) is 0 Å². The van der Waals surface area contributed by atoms with E-state index in [0.29, 0.717) is 23.6 Å². The molecule has 0 aliphatic heterocycles. The summed E-state index contributed by atoms with van der Waals surface area (Å²) in [7, 11) is 0. The topological polar surface area (TPSA) is 46.3 Å². The van der Waals surface area contributed by atoms with E-state index in [1.807, 2.05) is 0 Å². The predicted octanol–water partition coefficient (Wildman–Crippen LogP) is 3.21. The van der Waals surface area contributed by atoms with Crippen molar-refractivity contribution < 1.29 is 22.7 Å². The number of aliphatic hydroxyl groups is 1. The highest BCUT2D eigenvalue weighted by molar-refractivity contribution is 5.27. The highest BCUT2D eigenvalue weighted by Crippen LogP contribution is 2.29. The molecule has 0 saturated heterocycles. The number of hydrogen-bond acceptors (Lipinski definition) is 3. The van der Waals surface area contributed by atoms with E-state index in [1.54, 1.807) is 13.0 Å². The maximum atomic E-state index is 12.6. The molecule has 0 aliphatic carbocycles. The molecule has 2 rings (SSSR count). The zero-order valence-electron chi connectivity index (χ0n) is 10.8. The minimum atomic E-state index is -4.36. The lowest BCUT2D eigenvalue weighted by atomic mass is 10.1. The van der Waals surface area contributed by atoms with Gasteiger partial charge >= 0.3 is 6.18 Å². The molecule has 1 N–H and O–H groups in total. The number of alkyl halides is 3. The molecule has 1 aromatic carbocycles. The van der Waals surface area contributed by atoms with Crippen LogP contribution < -0.4 is 0 Å². The summed E-state index contributed by atoms with van der Waals surface area (Å²) >= 11 is 0. The van der Waals surface area contributed by atoms with Crippen LogP contribution in [-0.4, -0.2) is 16.2 Å². The van der Waals surface area contributed by atoms with Crippen molar-refractivity contribution in [2.75, 3.05) is 0 Å². The number of rotatable bonds is 4. The molecule has 1 heterocycles. The molecule has 1 atom stereocenters. The maximum Gasteiger partial charge on any atom is 0.416 e. The van der Waals surface area contributed by atoms with Crippen molar-refractivity contribution in [3.63, 3.8) is 0 Å². The van der Waals surface area contributed by atoms with Crippen LogP contribution in [0.4, 0.5) is 13.2 Å². The van der Waals surface area contributed by atoms with Crippen molar-refractivity contribution in [3.8, 4) is 0 Å². The Morgan fingerprint density at radius 2 is 2.10 bits per heavy atom. The van der Waals surface area contributed by atoms with Gasteiger partial charge in [-0.05, 0) is 18.6 Å². The normalized spacial score (nSPS) is 13.4. The molecule has 6 heteroatoms. The van der Waals surface area contributed by atoms with Crippen LogP contribution in [0.2, 0.25) is 0 Å². The first-order valence-corrected chi connectivity index (χ1v) is 6.12. The van der Waals surface area contributed by atoms with E-state index in [1.165, 1.54) is 12.3 Å². The Morgan fingerprint density at radius 3 is 2.75 bits per heavy atom. The second kappa shape index (κ2) is 5.66. The largest absolute Gasteiger partial charge is 0.445 e. The van der Waals surface area contributed by atoms with Crippen molar-refractivity contribution in [2.45, 2.75) is 32.0 Å². The van der Waals surface area contributed by atoms with Crippen LogP contribution in [0.1, 0.15) is 29.7 Å². The maximum absolute atomic E-state index is 12.6. The summed E-state index contributed by atoms with van der Waals surface area (Å²) in [5.41, 5.74) is -0.212. The third kappa shape index (κ3) is 3.84. The lowest BCUT2D eigenvalue weighted by molar-refractivity contribution is -0.137. The summed E-state index contributed by atoms with van der Waals surface area (Å²) in [6, 6.07) is 5.06. The predicted molar refractivity (Wildman–Crippen MR) is 66.1 cm³/mol. The van der Waals surface area contributed by atoms with Gasteiger partial charge in [-0.15, -0.1) is 0 Å². The summed E-state index contributed by atoms with van der Waals surface area (Å²) in [6.45, 7) is 1.62. The average molecular weight is 285 g/mol. The minimum Gasteiger partial charge on any atom is -0.445 e. The highest BCUT2D eigenvalue weighted by atomic mass is 19.4. The van der Waals surface area contributed by atoms with Crippen LogP contribution in [0.5, 0.6) is 0 Å². The SMILES string of the molecule is CC(O)Cc1cnc(Cc2cccc(C(F)(F)F)c2)o1. The number of aliphatic hydroxyl groups excluding tert-OH is 1. The van der Waals surface area contributed by atoms with Gasteiger partial charge in [0, 0.05) is 12.8 Å². The van der Waals surface area contributed by atoms with E-state index in [9.17, 15) is 18.3 Å². The summed E-state index contributed by atoms with van der Waals surface area (Å²) in [4.78, 5) is 4.00. The van der Waals surface area contributed by atoms with Gasteiger partial charge in [-0.3, -0.25) is 0 Å². The number of hydrogen-bond donors (Lipinski definition) is 1. The minimum absolute atomic E-state index is 0.184. The fraction of sp³-hybridized carbons (Fsp3) is 0.357. The van der Waals surface area contributed by atoms with Gasteiger partial charge in [-0.25, -0.2) is 4.98 Å². The molecule has 0 radical (unpaired) electrons. The summed E-state index contributed by atoms with van der Waals surface area (Å²) in [5, 5.41) is 9.22. The average Bonchev–Trinajstić information content (AvgIpc) is 2.75. The lowest BCUT2D eigenvalue weighted by Crippen LogP contribution is -2.05. The Labute approximate surface area is 114 Å². The van der Waals surface area contributed by atoms with Gasteiger partial charge in [0.25, 0.3) is 0 Å². The van der Waals surface area contributed by atoms with Crippen molar-refractivity contribution in [3.05, 3.63) is 53.2 Å². The van der Waals surface area contributed by atoms with E-state index in [2.05, 4.69) is 4.98 Å². The lowest BCUT2D eigenvalue weighted by Gasteiger charge is -2.07. The van der Waals surface area contributed by atoms with Crippen LogP contribution in [0.25, 0.3) is 0 Å².